The molecule has 4 nitrogen and oxygen atoms in total. The minimum atomic E-state index is -0.396. The number of carbonyl (C=O) groups excluding carboxylic acids is 1. The molecule has 0 aromatic carbocycles. The van der Waals surface area contributed by atoms with Crippen LogP contribution in [0.25, 0.3) is 0 Å². The lowest BCUT2D eigenvalue weighted by atomic mass is 9.99. The van der Waals surface area contributed by atoms with Crippen LogP contribution in [0.5, 0.6) is 0 Å². The molecular formula is C11H24N2O2. The van der Waals surface area contributed by atoms with Crippen LogP contribution >= 0.6 is 0 Å². The summed E-state index contributed by atoms with van der Waals surface area (Å²) < 4.78 is 0. The molecule has 90 valence electrons. The molecule has 15 heavy (non-hydrogen) atoms. The molecular weight excluding hydrogens is 192 g/mol. The van der Waals surface area contributed by atoms with Gasteiger partial charge in [0.1, 0.15) is 0 Å². The standard InChI is InChI=1S/C11H24N2O2/c1-3-9(2)10(12)11(15)13-7-5-4-6-8-14/h9-10,14H,3-8,12H2,1-2H3,(H,13,15)/t9?,10-/m0/s1. The van der Waals surface area contributed by atoms with Crippen LogP contribution < -0.4 is 11.1 Å². The van der Waals surface area contributed by atoms with Gasteiger partial charge in [0.2, 0.25) is 5.91 Å². The molecule has 0 aliphatic heterocycles. The summed E-state index contributed by atoms with van der Waals surface area (Å²) in [6.45, 7) is 4.89. The van der Waals surface area contributed by atoms with Crippen molar-refractivity contribution >= 4 is 5.91 Å². The fourth-order valence-electron chi connectivity index (χ4n) is 1.26. The van der Waals surface area contributed by atoms with Crippen LogP contribution in [0.1, 0.15) is 39.5 Å². The van der Waals surface area contributed by atoms with E-state index in [2.05, 4.69) is 5.32 Å². The molecule has 0 aliphatic carbocycles. The summed E-state index contributed by atoms with van der Waals surface area (Å²) in [5.74, 6) is 0.163. The maximum Gasteiger partial charge on any atom is 0.237 e. The van der Waals surface area contributed by atoms with Gasteiger partial charge in [0, 0.05) is 13.2 Å². The molecule has 0 aromatic rings. The fourth-order valence-corrected chi connectivity index (χ4v) is 1.26. The van der Waals surface area contributed by atoms with Crippen LogP contribution in [-0.2, 0) is 4.79 Å². The molecule has 4 heteroatoms. The Hall–Kier alpha value is -0.610. The highest BCUT2D eigenvalue weighted by atomic mass is 16.2. The van der Waals surface area contributed by atoms with Gasteiger partial charge in [-0.3, -0.25) is 4.79 Å². The van der Waals surface area contributed by atoms with Crippen molar-refractivity contribution in [2.45, 2.75) is 45.6 Å². The molecule has 0 bridgehead atoms. The lowest BCUT2D eigenvalue weighted by molar-refractivity contribution is -0.123. The average Bonchev–Trinajstić information content (AvgIpc) is 2.26. The summed E-state index contributed by atoms with van der Waals surface area (Å²) >= 11 is 0. The number of carbonyl (C=O) groups is 1. The third-order valence-electron chi connectivity index (χ3n) is 2.69. The van der Waals surface area contributed by atoms with E-state index in [1.54, 1.807) is 0 Å². The lowest BCUT2D eigenvalue weighted by Gasteiger charge is -2.17. The molecule has 0 fully saturated rings. The van der Waals surface area contributed by atoms with Crippen molar-refractivity contribution in [2.24, 2.45) is 11.7 Å². The van der Waals surface area contributed by atoms with Gasteiger partial charge in [-0.25, -0.2) is 0 Å². The van der Waals surface area contributed by atoms with E-state index in [9.17, 15) is 4.79 Å². The molecule has 0 spiro atoms. The number of aliphatic hydroxyl groups is 1. The van der Waals surface area contributed by atoms with Gasteiger partial charge in [-0.05, 0) is 25.2 Å². The van der Waals surface area contributed by atoms with E-state index in [0.717, 1.165) is 25.7 Å². The van der Waals surface area contributed by atoms with Crippen molar-refractivity contribution in [3.63, 3.8) is 0 Å². The highest BCUT2D eigenvalue weighted by molar-refractivity contribution is 5.81. The summed E-state index contributed by atoms with van der Waals surface area (Å²) in [7, 11) is 0. The van der Waals surface area contributed by atoms with Crippen molar-refractivity contribution < 1.29 is 9.90 Å². The topological polar surface area (TPSA) is 75.4 Å². The zero-order valence-electron chi connectivity index (χ0n) is 9.83. The predicted molar refractivity (Wildman–Crippen MR) is 61.4 cm³/mol. The Kier molecular flexibility index (Phi) is 8.33. The highest BCUT2D eigenvalue weighted by Crippen LogP contribution is 2.05. The van der Waals surface area contributed by atoms with Gasteiger partial charge in [0.15, 0.2) is 0 Å². The second-order valence-corrected chi connectivity index (χ2v) is 3.99. The lowest BCUT2D eigenvalue weighted by Crippen LogP contribution is -2.44. The monoisotopic (exact) mass is 216 g/mol. The molecule has 0 aliphatic rings. The summed E-state index contributed by atoms with van der Waals surface area (Å²) in [5, 5.41) is 11.4. The molecule has 2 atom stereocenters. The second kappa shape index (κ2) is 8.68. The highest BCUT2D eigenvalue weighted by Gasteiger charge is 2.18. The van der Waals surface area contributed by atoms with Crippen LogP contribution in [0.15, 0.2) is 0 Å². The third kappa shape index (κ3) is 6.47. The Balaban J connectivity index is 3.56. The number of nitrogens with one attached hydrogen (secondary N) is 1. The van der Waals surface area contributed by atoms with E-state index in [1.807, 2.05) is 13.8 Å². The van der Waals surface area contributed by atoms with Gasteiger partial charge in [-0.1, -0.05) is 20.3 Å². The van der Waals surface area contributed by atoms with Gasteiger partial charge in [-0.15, -0.1) is 0 Å². The summed E-state index contributed by atoms with van der Waals surface area (Å²) in [4.78, 5) is 11.5. The van der Waals surface area contributed by atoms with Gasteiger partial charge in [0.05, 0.1) is 6.04 Å². The molecule has 1 unspecified atom stereocenters. The first-order chi connectivity index (χ1) is 7.13. The molecule has 0 aromatic heterocycles. The van der Waals surface area contributed by atoms with E-state index < -0.39 is 6.04 Å². The fraction of sp³-hybridized carbons (Fsp3) is 0.909. The van der Waals surface area contributed by atoms with E-state index in [0.29, 0.717) is 6.54 Å². The Morgan fingerprint density at radius 2 is 2.07 bits per heavy atom. The summed E-state index contributed by atoms with van der Waals surface area (Å²) in [6.07, 6.45) is 3.56. The second-order valence-electron chi connectivity index (χ2n) is 3.99. The molecule has 0 rings (SSSR count). The van der Waals surface area contributed by atoms with Crippen molar-refractivity contribution in [3.05, 3.63) is 0 Å². The van der Waals surface area contributed by atoms with E-state index in [-0.39, 0.29) is 18.4 Å². The van der Waals surface area contributed by atoms with Crippen LogP contribution in [-0.4, -0.2) is 30.2 Å². The van der Waals surface area contributed by atoms with Crippen LogP contribution in [0.4, 0.5) is 0 Å². The predicted octanol–water partition coefficient (Wildman–Crippen LogP) is 0.639. The first-order valence-corrected chi connectivity index (χ1v) is 5.77. The van der Waals surface area contributed by atoms with E-state index in [4.69, 9.17) is 10.8 Å². The Morgan fingerprint density at radius 1 is 1.40 bits per heavy atom. The van der Waals surface area contributed by atoms with Gasteiger partial charge < -0.3 is 16.2 Å². The minimum Gasteiger partial charge on any atom is -0.396 e. The van der Waals surface area contributed by atoms with Crippen LogP contribution in [0.2, 0.25) is 0 Å². The van der Waals surface area contributed by atoms with Crippen molar-refractivity contribution in [1.29, 1.82) is 0 Å². The maximum atomic E-state index is 11.5. The number of hydrogen-bond donors (Lipinski definition) is 3. The maximum absolute atomic E-state index is 11.5. The van der Waals surface area contributed by atoms with Gasteiger partial charge in [-0.2, -0.15) is 0 Å². The van der Waals surface area contributed by atoms with Crippen molar-refractivity contribution in [2.75, 3.05) is 13.2 Å². The molecule has 0 saturated heterocycles. The quantitative estimate of drug-likeness (QED) is 0.521. The molecule has 0 heterocycles. The Labute approximate surface area is 92.2 Å². The van der Waals surface area contributed by atoms with E-state index >= 15 is 0 Å². The number of rotatable bonds is 8. The zero-order chi connectivity index (χ0) is 11.7. The first kappa shape index (κ1) is 14.4. The molecule has 1 amide bonds. The van der Waals surface area contributed by atoms with Crippen LogP contribution in [0, 0.1) is 5.92 Å². The van der Waals surface area contributed by atoms with Crippen molar-refractivity contribution in [3.8, 4) is 0 Å². The number of unbranched alkanes of at least 4 members (excludes halogenated alkanes) is 2. The minimum absolute atomic E-state index is 0.0617. The number of hydrogen-bond acceptors (Lipinski definition) is 3. The summed E-state index contributed by atoms with van der Waals surface area (Å²) in [6, 6.07) is -0.396. The number of amides is 1. The first-order valence-electron chi connectivity index (χ1n) is 5.77. The van der Waals surface area contributed by atoms with Gasteiger partial charge in [0.25, 0.3) is 0 Å². The number of nitrogens with two attached hydrogens (primary N) is 1. The molecule has 0 radical (unpaired) electrons. The SMILES string of the molecule is CCC(C)[C@H](N)C(=O)NCCCCCO. The summed E-state index contributed by atoms with van der Waals surface area (Å²) in [5.41, 5.74) is 5.76. The smallest absolute Gasteiger partial charge is 0.237 e. The zero-order valence-corrected chi connectivity index (χ0v) is 9.83. The van der Waals surface area contributed by atoms with Crippen molar-refractivity contribution in [1.82, 2.24) is 5.32 Å². The normalized spacial score (nSPS) is 14.7. The number of aliphatic hydroxyl groups excluding tert-OH is 1. The Bertz CT molecular complexity index is 174. The van der Waals surface area contributed by atoms with Gasteiger partial charge >= 0.3 is 0 Å². The average molecular weight is 216 g/mol. The molecule has 4 N–H and O–H groups in total. The third-order valence-corrected chi connectivity index (χ3v) is 2.69. The molecule has 0 saturated carbocycles. The van der Waals surface area contributed by atoms with Crippen LogP contribution in [0.3, 0.4) is 0 Å². The largest absolute Gasteiger partial charge is 0.396 e. The van der Waals surface area contributed by atoms with E-state index in [1.165, 1.54) is 0 Å². The Morgan fingerprint density at radius 3 is 2.60 bits per heavy atom.